The molecule has 0 bridgehead atoms. The van der Waals surface area contributed by atoms with Crippen LogP contribution in [0.15, 0.2) is 36.4 Å². The molecule has 3 heteroatoms. The van der Waals surface area contributed by atoms with Gasteiger partial charge in [0, 0.05) is 16.2 Å². The molecule has 2 aromatic heterocycles. The normalized spacial score (nSPS) is 11.3. The molecule has 0 radical (unpaired) electrons. The van der Waals surface area contributed by atoms with Crippen molar-refractivity contribution in [3.05, 3.63) is 52.0 Å². The summed E-state index contributed by atoms with van der Waals surface area (Å²) >= 11 is 1.91. The Hall–Kier alpha value is -1.61. The van der Waals surface area contributed by atoms with Crippen molar-refractivity contribution in [3.8, 4) is 0 Å². The fourth-order valence-corrected chi connectivity index (χ4v) is 3.37. The van der Waals surface area contributed by atoms with Gasteiger partial charge in [0.25, 0.3) is 0 Å². The Morgan fingerprint density at radius 2 is 1.79 bits per heavy atom. The van der Waals surface area contributed by atoms with Crippen molar-refractivity contribution >= 4 is 22.4 Å². The molecule has 0 saturated carbocycles. The Morgan fingerprint density at radius 1 is 1.00 bits per heavy atom. The van der Waals surface area contributed by atoms with E-state index in [9.17, 15) is 0 Å². The number of aryl methyl sites for hydroxylation is 2. The fraction of sp³-hybridized carbons (Fsp3) is 0.312. The maximum absolute atomic E-state index is 4.72. The molecule has 3 rings (SSSR count). The number of fused-ring (bicyclic) bond motifs is 1. The molecular weight excluding hydrogens is 252 g/mol. The summed E-state index contributed by atoms with van der Waals surface area (Å²) in [6.07, 6.45) is 2.09. The molecular formula is C16H18N2S. The zero-order valence-electron chi connectivity index (χ0n) is 11.4. The molecule has 0 fully saturated rings. The van der Waals surface area contributed by atoms with E-state index in [1.807, 2.05) is 11.3 Å². The lowest BCUT2D eigenvalue weighted by atomic mass is 10.3. The van der Waals surface area contributed by atoms with Crippen LogP contribution in [0.2, 0.25) is 0 Å². The Bertz CT molecular complexity index is 694. The summed E-state index contributed by atoms with van der Waals surface area (Å²) in [5.41, 5.74) is 2.34. The van der Waals surface area contributed by atoms with Crippen molar-refractivity contribution in [2.75, 3.05) is 0 Å². The van der Waals surface area contributed by atoms with Crippen molar-refractivity contribution in [2.45, 2.75) is 33.2 Å². The summed E-state index contributed by atoms with van der Waals surface area (Å²) in [5, 5.41) is 0. The summed E-state index contributed by atoms with van der Waals surface area (Å²) in [7, 11) is 0. The minimum absolute atomic E-state index is 0.939. The molecule has 0 unspecified atom stereocenters. The molecule has 0 aliphatic carbocycles. The fourth-order valence-electron chi connectivity index (χ4n) is 2.42. The van der Waals surface area contributed by atoms with Crippen molar-refractivity contribution in [1.29, 1.82) is 0 Å². The van der Waals surface area contributed by atoms with E-state index in [-0.39, 0.29) is 0 Å². The van der Waals surface area contributed by atoms with E-state index in [0.29, 0.717) is 0 Å². The summed E-state index contributed by atoms with van der Waals surface area (Å²) in [5.74, 6) is 1.17. The number of hydrogen-bond acceptors (Lipinski definition) is 2. The highest BCUT2D eigenvalue weighted by atomic mass is 32.1. The van der Waals surface area contributed by atoms with Crippen LogP contribution in [0.5, 0.6) is 0 Å². The van der Waals surface area contributed by atoms with Gasteiger partial charge in [0.05, 0.1) is 17.6 Å². The van der Waals surface area contributed by atoms with Gasteiger partial charge in [0.2, 0.25) is 0 Å². The first kappa shape index (κ1) is 12.4. The maximum atomic E-state index is 4.72. The molecule has 2 nitrogen and oxygen atoms in total. The quantitative estimate of drug-likeness (QED) is 0.692. The lowest BCUT2D eigenvalue weighted by Gasteiger charge is -2.06. The minimum Gasteiger partial charge on any atom is -0.323 e. The smallest absolute Gasteiger partial charge is 0.109 e. The van der Waals surface area contributed by atoms with E-state index >= 15 is 0 Å². The lowest BCUT2D eigenvalue weighted by Crippen LogP contribution is -2.02. The first-order valence-electron chi connectivity index (χ1n) is 6.83. The monoisotopic (exact) mass is 270 g/mol. The summed E-state index contributed by atoms with van der Waals surface area (Å²) < 4.78 is 2.35. The molecule has 0 aliphatic rings. The molecule has 0 spiro atoms. The number of imidazole rings is 1. The largest absolute Gasteiger partial charge is 0.323 e. The molecule has 1 aromatic carbocycles. The average Bonchev–Trinajstić information content (AvgIpc) is 3.04. The predicted molar refractivity (Wildman–Crippen MR) is 81.9 cm³/mol. The number of para-hydroxylation sites is 2. The van der Waals surface area contributed by atoms with E-state index in [2.05, 4.69) is 54.8 Å². The number of rotatable bonds is 4. The van der Waals surface area contributed by atoms with Gasteiger partial charge in [-0.15, -0.1) is 11.3 Å². The third kappa shape index (κ3) is 2.30. The van der Waals surface area contributed by atoms with Gasteiger partial charge in [0.15, 0.2) is 0 Å². The topological polar surface area (TPSA) is 17.8 Å². The standard InChI is InChI=1S/C16H18N2S/c1-3-12-9-10-13(19-12)11-18-15-8-6-5-7-14(15)17-16(18)4-2/h5-10H,3-4,11H2,1-2H3. The number of aromatic nitrogens is 2. The van der Waals surface area contributed by atoms with Crippen molar-refractivity contribution in [3.63, 3.8) is 0 Å². The average molecular weight is 270 g/mol. The number of nitrogens with zero attached hydrogens (tertiary/aromatic N) is 2. The SMILES string of the molecule is CCc1ccc(Cn2c(CC)nc3ccccc32)s1. The van der Waals surface area contributed by atoms with E-state index in [4.69, 9.17) is 4.98 Å². The highest BCUT2D eigenvalue weighted by Crippen LogP contribution is 2.22. The van der Waals surface area contributed by atoms with E-state index < -0.39 is 0 Å². The summed E-state index contributed by atoms with van der Waals surface area (Å²) in [6, 6.07) is 12.9. The molecule has 0 atom stereocenters. The Morgan fingerprint density at radius 3 is 2.53 bits per heavy atom. The molecule has 3 aromatic rings. The highest BCUT2D eigenvalue weighted by Gasteiger charge is 2.10. The summed E-state index contributed by atoms with van der Waals surface area (Å²) in [4.78, 5) is 7.59. The van der Waals surface area contributed by atoms with Crippen LogP contribution in [0.4, 0.5) is 0 Å². The van der Waals surface area contributed by atoms with Crippen LogP contribution in [0.25, 0.3) is 11.0 Å². The second kappa shape index (κ2) is 5.17. The van der Waals surface area contributed by atoms with E-state index in [1.54, 1.807) is 0 Å². The zero-order chi connectivity index (χ0) is 13.2. The van der Waals surface area contributed by atoms with Gasteiger partial charge in [0.1, 0.15) is 5.82 Å². The molecule has 0 aliphatic heterocycles. The highest BCUT2D eigenvalue weighted by molar-refractivity contribution is 7.11. The Labute approximate surface area is 117 Å². The van der Waals surface area contributed by atoms with Crippen LogP contribution in [0.1, 0.15) is 29.4 Å². The first-order chi connectivity index (χ1) is 9.31. The van der Waals surface area contributed by atoms with Crippen molar-refractivity contribution < 1.29 is 0 Å². The number of benzene rings is 1. The van der Waals surface area contributed by atoms with Gasteiger partial charge in [-0.05, 0) is 30.7 Å². The van der Waals surface area contributed by atoms with Crippen LogP contribution >= 0.6 is 11.3 Å². The molecule has 0 amide bonds. The van der Waals surface area contributed by atoms with E-state index in [1.165, 1.54) is 21.1 Å². The molecule has 0 N–H and O–H groups in total. The van der Waals surface area contributed by atoms with Gasteiger partial charge < -0.3 is 4.57 Å². The third-order valence-electron chi connectivity index (χ3n) is 3.43. The Balaban J connectivity index is 2.03. The third-order valence-corrected chi connectivity index (χ3v) is 4.64. The van der Waals surface area contributed by atoms with Crippen LogP contribution < -0.4 is 0 Å². The van der Waals surface area contributed by atoms with Gasteiger partial charge in [-0.25, -0.2) is 4.98 Å². The van der Waals surface area contributed by atoms with Gasteiger partial charge in [-0.1, -0.05) is 26.0 Å². The predicted octanol–water partition coefficient (Wildman–Crippen LogP) is 4.27. The van der Waals surface area contributed by atoms with Gasteiger partial charge >= 0.3 is 0 Å². The maximum Gasteiger partial charge on any atom is 0.109 e. The molecule has 19 heavy (non-hydrogen) atoms. The van der Waals surface area contributed by atoms with Gasteiger partial charge in [-0.3, -0.25) is 0 Å². The molecule has 98 valence electrons. The minimum atomic E-state index is 0.939. The zero-order valence-corrected chi connectivity index (χ0v) is 12.2. The van der Waals surface area contributed by atoms with Gasteiger partial charge in [-0.2, -0.15) is 0 Å². The molecule has 2 heterocycles. The van der Waals surface area contributed by atoms with Crippen LogP contribution in [0, 0.1) is 0 Å². The first-order valence-corrected chi connectivity index (χ1v) is 7.65. The van der Waals surface area contributed by atoms with E-state index in [0.717, 1.165) is 24.9 Å². The number of thiophene rings is 1. The molecule has 0 saturated heterocycles. The lowest BCUT2D eigenvalue weighted by molar-refractivity contribution is 0.761. The number of hydrogen-bond donors (Lipinski definition) is 0. The second-order valence-corrected chi connectivity index (χ2v) is 5.93. The summed E-state index contributed by atoms with van der Waals surface area (Å²) in [6.45, 7) is 5.32. The van der Waals surface area contributed by atoms with Crippen LogP contribution in [-0.2, 0) is 19.4 Å². The van der Waals surface area contributed by atoms with Crippen molar-refractivity contribution in [2.24, 2.45) is 0 Å². The van der Waals surface area contributed by atoms with Crippen molar-refractivity contribution in [1.82, 2.24) is 9.55 Å². The Kier molecular flexibility index (Phi) is 3.38. The van der Waals surface area contributed by atoms with Crippen LogP contribution in [0.3, 0.4) is 0 Å². The van der Waals surface area contributed by atoms with Crippen LogP contribution in [-0.4, -0.2) is 9.55 Å². The second-order valence-electron chi connectivity index (χ2n) is 4.68.